The van der Waals surface area contributed by atoms with E-state index in [1.807, 2.05) is 91.0 Å². The maximum atomic E-state index is 4.57. The average Bonchev–Trinajstić information content (AvgIpc) is 3.08. The van der Waals surface area contributed by atoms with Crippen LogP contribution in [0.4, 0.5) is 22.7 Å². The molecule has 0 radical (unpaired) electrons. The van der Waals surface area contributed by atoms with E-state index in [4.69, 9.17) is 0 Å². The summed E-state index contributed by atoms with van der Waals surface area (Å²) in [5, 5.41) is 22.2. The van der Waals surface area contributed by atoms with Gasteiger partial charge in [0, 0.05) is 19.0 Å². The molecule has 0 aliphatic rings. The Morgan fingerprint density at radius 3 is 1.49 bits per heavy atom. The number of rotatable bonds is 5. The van der Waals surface area contributed by atoms with E-state index in [1.54, 1.807) is 0 Å². The van der Waals surface area contributed by atoms with Crippen molar-refractivity contribution in [2.45, 2.75) is 0 Å². The highest BCUT2D eigenvalue weighted by atomic mass is 79.9. The Morgan fingerprint density at radius 1 is 0.333 bits per heavy atom. The van der Waals surface area contributed by atoms with Crippen molar-refractivity contribution < 1.29 is 0 Å². The number of hydrogen-bond acceptors (Lipinski definition) is 4. The molecule has 0 bridgehead atoms. The van der Waals surface area contributed by atoms with E-state index in [-0.39, 0.29) is 0 Å². The van der Waals surface area contributed by atoms with Crippen LogP contribution >= 0.6 is 47.8 Å². The maximum absolute atomic E-state index is 4.57. The highest BCUT2D eigenvalue weighted by molar-refractivity contribution is 9.11. The second-order valence-corrected chi connectivity index (χ2v) is 12.8. The van der Waals surface area contributed by atoms with Gasteiger partial charge in [0.15, 0.2) is 0 Å². The Morgan fingerprint density at radius 2 is 0.844 bits per heavy atom. The number of hydrogen-bond donors (Lipinski definition) is 0. The summed E-state index contributed by atoms with van der Waals surface area (Å²) in [6.07, 6.45) is 0. The predicted octanol–water partition coefficient (Wildman–Crippen LogP) is 14.5. The fraction of sp³-hybridized carbons (Fsp3) is 0. The Hall–Kier alpha value is -4.30. The van der Waals surface area contributed by atoms with Gasteiger partial charge in [-0.1, -0.05) is 108 Å². The third kappa shape index (κ3) is 8.05. The Bertz CT molecular complexity index is 2080. The molecule has 7 heteroatoms. The molecule has 7 aromatic carbocycles. The largest absolute Gasteiger partial charge is 0.151 e. The Kier molecular flexibility index (Phi) is 10.0. The second kappa shape index (κ2) is 14.7. The van der Waals surface area contributed by atoms with Crippen LogP contribution in [0.25, 0.3) is 32.7 Å². The standard InChI is InChI=1S/C26H17BrN2.C12H8Br2N2/c27-21-13-14-26(29-28-22-10-2-1-3-11-22)25(17-21)23-12-6-9-20-15-18-7-4-5-8-19(18)16-24(20)23;13-9-1-5-11(6-2-9)15-16-12-7-3-10(14)4-8-12/h1-17H;1-8H. The zero-order valence-corrected chi connectivity index (χ0v) is 28.6. The minimum absolute atomic E-state index is 0.838. The van der Waals surface area contributed by atoms with Crippen LogP contribution in [0.3, 0.4) is 0 Å². The van der Waals surface area contributed by atoms with Crippen molar-refractivity contribution in [3.05, 3.63) is 165 Å². The molecule has 0 fully saturated rings. The summed E-state index contributed by atoms with van der Waals surface area (Å²) >= 11 is 10.4. The molecule has 0 unspecified atom stereocenters. The first-order valence-electron chi connectivity index (χ1n) is 14.1. The third-order valence-corrected chi connectivity index (χ3v) is 8.51. The summed E-state index contributed by atoms with van der Waals surface area (Å²) in [4.78, 5) is 0. The Balaban J connectivity index is 0.000000189. The van der Waals surface area contributed by atoms with E-state index in [9.17, 15) is 0 Å². The topological polar surface area (TPSA) is 49.4 Å². The van der Waals surface area contributed by atoms with Gasteiger partial charge < -0.3 is 0 Å². The van der Waals surface area contributed by atoms with Gasteiger partial charge in [0.05, 0.1) is 22.7 Å². The van der Waals surface area contributed by atoms with Crippen molar-refractivity contribution in [1.29, 1.82) is 0 Å². The van der Waals surface area contributed by atoms with Crippen molar-refractivity contribution in [2.75, 3.05) is 0 Å². The monoisotopic (exact) mass is 774 g/mol. The van der Waals surface area contributed by atoms with Crippen LogP contribution < -0.4 is 0 Å². The smallest absolute Gasteiger partial charge is 0.0936 e. The molecule has 0 aliphatic carbocycles. The molecule has 0 N–H and O–H groups in total. The van der Waals surface area contributed by atoms with Gasteiger partial charge in [-0.3, -0.25) is 0 Å². The van der Waals surface area contributed by atoms with Gasteiger partial charge in [0.2, 0.25) is 0 Å². The van der Waals surface area contributed by atoms with Crippen LogP contribution in [0.2, 0.25) is 0 Å². The van der Waals surface area contributed by atoms with E-state index < -0.39 is 0 Å². The third-order valence-electron chi connectivity index (χ3n) is 6.96. The van der Waals surface area contributed by atoms with E-state index in [2.05, 4.69) is 129 Å². The lowest BCUT2D eigenvalue weighted by Gasteiger charge is -2.11. The number of fused-ring (bicyclic) bond motifs is 2. The molecule has 7 aromatic rings. The lowest BCUT2D eigenvalue weighted by Crippen LogP contribution is -1.84. The number of halogens is 3. The quantitative estimate of drug-likeness (QED) is 0.123. The van der Waals surface area contributed by atoms with E-state index in [1.165, 1.54) is 21.5 Å². The molecule has 0 heterocycles. The fourth-order valence-corrected chi connectivity index (χ4v) is 5.64. The van der Waals surface area contributed by atoms with Crippen LogP contribution in [0, 0.1) is 0 Å². The molecule has 0 saturated carbocycles. The maximum Gasteiger partial charge on any atom is 0.0936 e. The van der Waals surface area contributed by atoms with Crippen molar-refractivity contribution in [1.82, 2.24) is 0 Å². The summed E-state index contributed by atoms with van der Waals surface area (Å²) in [5.74, 6) is 0. The SMILES string of the molecule is Brc1ccc(N=Nc2ccc(Br)cc2)cc1.Brc1ccc(N=Nc2ccccc2)c(-c2cccc3cc4ccccc4cc23)c1. The van der Waals surface area contributed by atoms with Crippen LogP contribution in [-0.2, 0) is 0 Å². The molecular formula is C38H25Br3N4. The molecule has 218 valence electrons. The molecule has 45 heavy (non-hydrogen) atoms. The molecule has 0 aliphatic heterocycles. The zero-order valence-electron chi connectivity index (χ0n) is 23.9. The minimum Gasteiger partial charge on any atom is -0.151 e. The molecule has 7 rings (SSSR count). The highest BCUT2D eigenvalue weighted by Crippen LogP contribution is 2.39. The van der Waals surface area contributed by atoms with Crippen LogP contribution in [0.5, 0.6) is 0 Å². The summed E-state index contributed by atoms with van der Waals surface area (Å²) in [7, 11) is 0. The van der Waals surface area contributed by atoms with E-state index in [0.29, 0.717) is 0 Å². The minimum atomic E-state index is 0.838. The van der Waals surface area contributed by atoms with Crippen LogP contribution in [0.15, 0.2) is 186 Å². The molecule has 0 saturated heterocycles. The van der Waals surface area contributed by atoms with Crippen molar-refractivity contribution in [3.63, 3.8) is 0 Å². The van der Waals surface area contributed by atoms with Crippen LogP contribution in [0.1, 0.15) is 0 Å². The van der Waals surface area contributed by atoms with Crippen molar-refractivity contribution in [2.24, 2.45) is 20.5 Å². The zero-order chi connectivity index (χ0) is 31.0. The van der Waals surface area contributed by atoms with Crippen molar-refractivity contribution in [3.8, 4) is 11.1 Å². The summed E-state index contributed by atoms with van der Waals surface area (Å²) in [5.41, 5.74) is 5.57. The molecule has 0 spiro atoms. The van der Waals surface area contributed by atoms with Gasteiger partial charge in [0.25, 0.3) is 0 Å². The van der Waals surface area contributed by atoms with Gasteiger partial charge in [0.1, 0.15) is 0 Å². The van der Waals surface area contributed by atoms with E-state index in [0.717, 1.165) is 47.3 Å². The number of benzene rings is 7. The van der Waals surface area contributed by atoms with Crippen molar-refractivity contribution >= 4 is 92.1 Å². The Labute approximate surface area is 287 Å². The molecule has 0 aromatic heterocycles. The second-order valence-electron chi connectivity index (χ2n) is 10.1. The number of nitrogens with zero attached hydrogens (tertiary/aromatic N) is 4. The lowest BCUT2D eigenvalue weighted by molar-refractivity contribution is 1.23. The first kappa shape index (κ1) is 30.7. The van der Waals surface area contributed by atoms with E-state index >= 15 is 0 Å². The van der Waals surface area contributed by atoms with Gasteiger partial charge in [-0.25, -0.2) is 0 Å². The fourth-order valence-electron chi connectivity index (χ4n) is 4.75. The first-order valence-corrected chi connectivity index (χ1v) is 16.5. The van der Waals surface area contributed by atoms with Gasteiger partial charge in [-0.2, -0.15) is 15.3 Å². The molecule has 4 nitrogen and oxygen atoms in total. The normalized spacial score (nSPS) is 11.3. The highest BCUT2D eigenvalue weighted by Gasteiger charge is 2.11. The molecule has 0 atom stereocenters. The van der Waals surface area contributed by atoms with Crippen LogP contribution in [-0.4, -0.2) is 0 Å². The molecule has 0 amide bonds. The average molecular weight is 777 g/mol. The van der Waals surface area contributed by atoms with Gasteiger partial charge >= 0.3 is 0 Å². The predicted molar refractivity (Wildman–Crippen MR) is 198 cm³/mol. The summed E-state index contributed by atoms with van der Waals surface area (Å²) < 4.78 is 3.09. The molecular weight excluding hydrogens is 752 g/mol. The summed E-state index contributed by atoms with van der Waals surface area (Å²) in [6, 6.07) is 50.7. The van der Waals surface area contributed by atoms with Gasteiger partial charge in [-0.15, -0.1) is 5.11 Å². The summed E-state index contributed by atoms with van der Waals surface area (Å²) in [6.45, 7) is 0. The number of azo groups is 2. The lowest BCUT2D eigenvalue weighted by atomic mass is 9.95. The van der Waals surface area contributed by atoms with Gasteiger partial charge in [-0.05, 0) is 118 Å². The first-order chi connectivity index (χ1) is 22.0.